The Hall–Kier alpha value is -3.03. The van der Waals surface area contributed by atoms with Gasteiger partial charge in [0.1, 0.15) is 12.5 Å². The predicted octanol–water partition coefficient (Wildman–Crippen LogP) is 6.03. The molecule has 1 heterocycles. The van der Waals surface area contributed by atoms with Crippen LogP contribution >= 0.6 is 0 Å². The van der Waals surface area contributed by atoms with Crippen LogP contribution in [0.1, 0.15) is 11.1 Å². The number of halogens is 6. The minimum Gasteiger partial charge on any atom is -0.294 e. The number of nitrogens with zero attached hydrogens (tertiary/aromatic N) is 1. The van der Waals surface area contributed by atoms with Crippen molar-refractivity contribution in [1.82, 2.24) is 4.98 Å². The molecule has 0 spiro atoms. The molecular weight excluding hydrogens is 372 g/mol. The quantitative estimate of drug-likeness (QED) is 0.406. The van der Waals surface area contributed by atoms with Crippen LogP contribution in [0.15, 0.2) is 48.7 Å². The van der Waals surface area contributed by atoms with Gasteiger partial charge in [0, 0.05) is 34.0 Å². The van der Waals surface area contributed by atoms with Gasteiger partial charge in [-0.15, -0.1) is 0 Å². The van der Waals surface area contributed by atoms with Gasteiger partial charge in [0.2, 0.25) is 0 Å². The lowest BCUT2D eigenvalue weighted by atomic mass is 10.1. The maximum absolute atomic E-state index is 13.3. The molecule has 3 aromatic rings. The smallest absolute Gasteiger partial charge is 0.194 e. The van der Waals surface area contributed by atoms with Gasteiger partial charge >= 0.3 is 0 Å². The highest BCUT2D eigenvalue weighted by molar-refractivity contribution is 5.59. The van der Waals surface area contributed by atoms with Crippen LogP contribution in [0, 0.1) is 30.2 Å². The van der Waals surface area contributed by atoms with Crippen molar-refractivity contribution in [3.05, 3.63) is 83.1 Å². The van der Waals surface area contributed by atoms with Crippen LogP contribution in [-0.2, 0) is 6.67 Å². The first-order chi connectivity index (χ1) is 12.8. The van der Waals surface area contributed by atoms with E-state index in [1.54, 1.807) is 12.3 Å². The molecule has 0 radical (unpaired) electrons. The van der Waals surface area contributed by atoms with Crippen molar-refractivity contribution in [1.29, 1.82) is 0 Å². The highest BCUT2D eigenvalue weighted by atomic mass is 19.3. The van der Waals surface area contributed by atoms with Crippen LogP contribution in [0.2, 0.25) is 0 Å². The second-order valence-corrected chi connectivity index (χ2v) is 5.44. The molecule has 3 rings (SSSR count). The van der Waals surface area contributed by atoms with E-state index in [0.29, 0.717) is 23.4 Å². The number of pyridine rings is 1. The normalized spacial score (nSPS) is 10.2. The fraction of sp³-hybridized carbons (Fsp3) is 0.105. The summed E-state index contributed by atoms with van der Waals surface area (Å²) in [5.74, 6) is -5.86. The lowest BCUT2D eigenvalue weighted by Gasteiger charge is -2.03. The Morgan fingerprint density at radius 3 is 2.04 bits per heavy atom. The van der Waals surface area contributed by atoms with E-state index in [1.807, 2.05) is 19.1 Å². The third-order valence-corrected chi connectivity index (χ3v) is 3.45. The van der Waals surface area contributed by atoms with Crippen molar-refractivity contribution in [2.24, 2.45) is 0 Å². The Labute approximate surface area is 151 Å². The summed E-state index contributed by atoms with van der Waals surface area (Å²) in [6.07, 6.45) is 1.72. The van der Waals surface area contributed by atoms with Gasteiger partial charge in [-0.1, -0.05) is 18.2 Å². The van der Waals surface area contributed by atoms with E-state index in [0.717, 1.165) is 5.56 Å². The molecule has 142 valence electrons. The van der Waals surface area contributed by atoms with E-state index in [2.05, 4.69) is 9.93 Å². The summed E-state index contributed by atoms with van der Waals surface area (Å²) in [7, 11) is 0. The molecule has 27 heavy (non-hydrogen) atoms. The van der Waals surface area contributed by atoms with Crippen LogP contribution in [0.3, 0.4) is 0 Å². The van der Waals surface area contributed by atoms with Crippen molar-refractivity contribution in [3.63, 3.8) is 0 Å². The SMILES string of the molecule is Cc1ccc(-c2ccc(CF)c(F)c2)nc1.FOc1cc(F)c(F)c(F)c1. The Morgan fingerprint density at radius 2 is 1.56 bits per heavy atom. The summed E-state index contributed by atoms with van der Waals surface area (Å²) in [6, 6.07) is 8.97. The molecule has 0 bridgehead atoms. The summed E-state index contributed by atoms with van der Waals surface area (Å²) in [4.78, 5) is 7.17. The number of rotatable bonds is 3. The zero-order valence-corrected chi connectivity index (χ0v) is 13.9. The topological polar surface area (TPSA) is 22.1 Å². The molecule has 0 atom stereocenters. The first-order valence-corrected chi connectivity index (χ1v) is 7.56. The Kier molecular flexibility index (Phi) is 6.81. The minimum atomic E-state index is -1.65. The van der Waals surface area contributed by atoms with E-state index in [1.165, 1.54) is 12.1 Å². The van der Waals surface area contributed by atoms with E-state index in [9.17, 15) is 26.5 Å². The molecule has 1 aromatic heterocycles. The van der Waals surface area contributed by atoms with Crippen molar-refractivity contribution in [3.8, 4) is 17.0 Å². The first kappa shape index (κ1) is 20.3. The average Bonchev–Trinajstić information content (AvgIpc) is 2.66. The van der Waals surface area contributed by atoms with Gasteiger partial charge in [-0.25, -0.2) is 22.0 Å². The van der Waals surface area contributed by atoms with E-state index < -0.39 is 35.7 Å². The Bertz CT molecular complexity index is 892. The lowest BCUT2D eigenvalue weighted by molar-refractivity contribution is -0.00711. The molecule has 0 amide bonds. The Balaban J connectivity index is 0.000000208. The predicted molar refractivity (Wildman–Crippen MR) is 87.2 cm³/mol. The Morgan fingerprint density at radius 1 is 0.889 bits per heavy atom. The number of hydrogen-bond acceptors (Lipinski definition) is 2. The molecule has 0 aliphatic heterocycles. The first-order valence-electron chi connectivity index (χ1n) is 7.56. The zero-order chi connectivity index (χ0) is 20.0. The lowest BCUT2D eigenvalue weighted by Crippen LogP contribution is -1.90. The van der Waals surface area contributed by atoms with Crippen molar-refractivity contribution in [2.75, 3.05) is 0 Å². The fourth-order valence-corrected chi connectivity index (χ4v) is 2.03. The monoisotopic (exact) mass is 385 g/mol. The molecule has 0 N–H and O–H groups in total. The molecule has 0 saturated heterocycles. The molecule has 2 nitrogen and oxygen atoms in total. The molecule has 0 unspecified atom stereocenters. The largest absolute Gasteiger partial charge is 0.294 e. The zero-order valence-electron chi connectivity index (χ0n) is 13.9. The maximum Gasteiger partial charge on any atom is 0.194 e. The number of benzene rings is 2. The number of hydrogen-bond donors (Lipinski definition) is 0. The molecule has 0 fully saturated rings. The molecule has 0 aliphatic rings. The molecule has 8 heteroatoms. The van der Waals surface area contributed by atoms with E-state index in [-0.39, 0.29) is 5.56 Å². The average molecular weight is 385 g/mol. The summed E-state index contributed by atoms with van der Waals surface area (Å²) in [5, 5.41) is 0. The third kappa shape index (κ3) is 5.22. The molecule has 0 aliphatic carbocycles. The second-order valence-electron chi connectivity index (χ2n) is 5.44. The summed E-state index contributed by atoms with van der Waals surface area (Å²) in [6.45, 7) is 1.15. The van der Waals surface area contributed by atoms with Crippen LogP contribution in [0.25, 0.3) is 11.3 Å². The van der Waals surface area contributed by atoms with Gasteiger partial charge in [-0.05, 0) is 24.6 Å². The van der Waals surface area contributed by atoms with Crippen LogP contribution < -0.4 is 4.94 Å². The highest BCUT2D eigenvalue weighted by Crippen LogP contribution is 2.21. The van der Waals surface area contributed by atoms with Crippen molar-refractivity contribution in [2.45, 2.75) is 13.6 Å². The third-order valence-electron chi connectivity index (χ3n) is 3.45. The summed E-state index contributed by atoms with van der Waals surface area (Å²) < 4.78 is 73.4. The molecular formula is C19H13F6NO. The summed E-state index contributed by atoms with van der Waals surface area (Å²) in [5.41, 5.74) is 2.48. The van der Waals surface area contributed by atoms with Gasteiger partial charge in [-0.3, -0.25) is 9.93 Å². The number of aryl methyl sites for hydroxylation is 1. The highest BCUT2D eigenvalue weighted by Gasteiger charge is 2.11. The standard InChI is InChI=1S/C13H11F2N.C6H2F4O/c1-9-2-5-13(16-8-9)10-3-4-11(7-14)12(15)6-10;7-4-1-3(11-10)2-5(8)6(4)9/h2-6,8H,7H2,1H3;1-2H. The van der Waals surface area contributed by atoms with Gasteiger partial charge in [0.25, 0.3) is 0 Å². The van der Waals surface area contributed by atoms with Gasteiger partial charge in [-0.2, -0.15) is 0 Å². The maximum atomic E-state index is 13.3. The van der Waals surface area contributed by atoms with Crippen molar-refractivity contribution >= 4 is 0 Å². The molecule has 0 saturated carbocycles. The second kappa shape index (κ2) is 9.07. The molecule has 2 aromatic carbocycles. The fourth-order valence-electron chi connectivity index (χ4n) is 2.03. The van der Waals surface area contributed by atoms with Gasteiger partial charge in [0.15, 0.2) is 23.2 Å². The number of aromatic nitrogens is 1. The van der Waals surface area contributed by atoms with Gasteiger partial charge < -0.3 is 0 Å². The van der Waals surface area contributed by atoms with Gasteiger partial charge in [0.05, 0.1) is 5.69 Å². The van der Waals surface area contributed by atoms with Crippen molar-refractivity contribution < 1.29 is 31.4 Å². The minimum absolute atomic E-state index is 0.0795. The number of alkyl halides is 1. The van der Waals surface area contributed by atoms with E-state index in [4.69, 9.17) is 0 Å². The van der Waals surface area contributed by atoms with E-state index >= 15 is 0 Å². The van der Waals surface area contributed by atoms with Crippen LogP contribution in [0.4, 0.5) is 26.5 Å². The summed E-state index contributed by atoms with van der Waals surface area (Å²) >= 11 is 0. The van der Waals surface area contributed by atoms with Crippen LogP contribution in [0.5, 0.6) is 5.75 Å². The van der Waals surface area contributed by atoms with Crippen LogP contribution in [-0.4, -0.2) is 4.98 Å².